The number of nitrogens with zero attached hydrogens (tertiary/aromatic N) is 2. The molecule has 30 heavy (non-hydrogen) atoms. The largest absolute Gasteiger partial charge is 0.370 e. The normalized spacial score (nSPS) is 15.5. The molecule has 3 N–H and O–H groups in total. The van der Waals surface area contributed by atoms with Crippen LogP contribution in [0.4, 0.5) is 11.4 Å². The molecule has 0 saturated heterocycles. The first-order valence-electron chi connectivity index (χ1n) is 10.3. The summed E-state index contributed by atoms with van der Waals surface area (Å²) < 4.78 is 0. The van der Waals surface area contributed by atoms with Crippen molar-refractivity contribution < 1.29 is 4.79 Å². The monoisotopic (exact) mass is 521 g/mol. The Morgan fingerprint density at radius 2 is 2.00 bits per heavy atom. The summed E-state index contributed by atoms with van der Waals surface area (Å²) in [5.41, 5.74) is 4.59. The molecule has 2 aromatic rings. The zero-order valence-electron chi connectivity index (χ0n) is 17.9. The van der Waals surface area contributed by atoms with Crippen LogP contribution in [0.15, 0.2) is 53.5 Å². The minimum absolute atomic E-state index is 0. The number of amides is 1. The van der Waals surface area contributed by atoms with Crippen molar-refractivity contribution in [3.8, 4) is 0 Å². The van der Waals surface area contributed by atoms with E-state index >= 15 is 0 Å². The number of benzene rings is 2. The number of aliphatic imine (C=N–C) groups is 1. The Kier molecular flexibility index (Phi) is 9.42. The highest BCUT2D eigenvalue weighted by molar-refractivity contribution is 14.0. The molecule has 1 heterocycles. The van der Waals surface area contributed by atoms with E-state index in [1.165, 1.54) is 16.8 Å². The Morgan fingerprint density at radius 3 is 2.73 bits per heavy atom. The number of anilines is 2. The molecule has 0 aromatic heterocycles. The van der Waals surface area contributed by atoms with E-state index in [1.54, 1.807) is 7.05 Å². The van der Waals surface area contributed by atoms with E-state index in [9.17, 15) is 4.79 Å². The average Bonchev–Trinajstić information content (AvgIpc) is 2.73. The number of hydrogen-bond donors (Lipinski definition) is 3. The van der Waals surface area contributed by atoms with Crippen molar-refractivity contribution in [2.75, 3.05) is 43.4 Å². The number of aryl methyl sites for hydroxylation is 1. The van der Waals surface area contributed by atoms with Gasteiger partial charge in [-0.25, -0.2) is 0 Å². The van der Waals surface area contributed by atoms with Gasteiger partial charge >= 0.3 is 0 Å². The number of guanidine groups is 1. The molecule has 0 radical (unpaired) electrons. The Balaban J connectivity index is 0.00000320. The van der Waals surface area contributed by atoms with Crippen molar-refractivity contribution >= 4 is 47.2 Å². The van der Waals surface area contributed by atoms with Gasteiger partial charge < -0.3 is 20.9 Å². The van der Waals surface area contributed by atoms with E-state index in [0.29, 0.717) is 13.0 Å². The van der Waals surface area contributed by atoms with E-state index in [0.717, 1.165) is 31.3 Å². The molecule has 0 spiro atoms. The fraction of sp³-hybridized carbons (Fsp3) is 0.391. The van der Waals surface area contributed by atoms with Crippen LogP contribution in [0, 0.1) is 6.92 Å². The van der Waals surface area contributed by atoms with Crippen LogP contribution in [0.5, 0.6) is 0 Å². The summed E-state index contributed by atoms with van der Waals surface area (Å²) in [4.78, 5) is 18.7. The van der Waals surface area contributed by atoms with E-state index < -0.39 is 0 Å². The highest BCUT2D eigenvalue weighted by atomic mass is 127. The van der Waals surface area contributed by atoms with Crippen molar-refractivity contribution in [3.05, 3.63) is 59.7 Å². The van der Waals surface area contributed by atoms with Gasteiger partial charge in [-0.05, 0) is 43.2 Å². The summed E-state index contributed by atoms with van der Waals surface area (Å²) in [6, 6.07) is 16.6. The first kappa shape index (κ1) is 24.0. The number of carbonyl (C=O) groups excluding carboxylic acids is 1. The second-order valence-electron chi connectivity index (χ2n) is 7.34. The molecule has 1 aliphatic rings. The van der Waals surface area contributed by atoms with Crippen molar-refractivity contribution in [2.45, 2.75) is 26.2 Å². The van der Waals surface area contributed by atoms with Crippen LogP contribution in [0.1, 0.15) is 30.4 Å². The third kappa shape index (κ3) is 6.35. The summed E-state index contributed by atoms with van der Waals surface area (Å²) in [6.07, 6.45) is 0.484. The van der Waals surface area contributed by atoms with E-state index in [1.807, 2.05) is 18.2 Å². The number of hydrogen-bond acceptors (Lipinski definition) is 3. The first-order chi connectivity index (χ1) is 14.1. The Hall–Kier alpha value is -2.29. The van der Waals surface area contributed by atoms with E-state index in [4.69, 9.17) is 0 Å². The predicted molar refractivity (Wildman–Crippen MR) is 136 cm³/mol. The zero-order valence-corrected chi connectivity index (χ0v) is 20.3. The SMILES string of the molecule is CCN(CCNC(=NC)NCC1CC(=O)Nc2ccccc21)c1cccc(C)c1.I. The van der Waals surface area contributed by atoms with Gasteiger partial charge in [0.2, 0.25) is 5.91 Å². The lowest BCUT2D eigenvalue weighted by Gasteiger charge is -2.27. The molecule has 0 saturated carbocycles. The molecule has 162 valence electrons. The Morgan fingerprint density at radius 1 is 1.20 bits per heavy atom. The lowest BCUT2D eigenvalue weighted by Crippen LogP contribution is -2.43. The maximum atomic E-state index is 12.0. The Bertz CT molecular complexity index is 870. The molecule has 1 aliphatic heterocycles. The quantitative estimate of drug-likeness (QED) is 0.295. The maximum Gasteiger partial charge on any atom is 0.225 e. The second-order valence-corrected chi connectivity index (χ2v) is 7.34. The molecule has 1 unspecified atom stereocenters. The molecule has 0 bridgehead atoms. The van der Waals surface area contributed by atoms with Crippen molar-refractivity contribution in [2.24, 2.45) is 4.99 Å². The number of likely N-dealkylation sites (N-methyl/N-ethyl adjacent to an activating group) is 1. The molecule has 0 aliphatic carbocycles. The van der Waals surface area contributed by atoms with Gasteiger partial charge in [0.15, 0.2) is 5.96 Å². The topological polar surface area (TPSA) is 68.8 Å². The fourth-order valence-electron chi connectivity index (χ4n) is 3.73. The standard InChI is InChI=1S/C23H31N5O.HI/c1-4-28(19-9-7-8-17(2)14-19)13-12-25-23(24-3)26-16-18-15-22(29)27-21-11-6-5-10-20(18)21;/h5-11,14,18H,4,12-13,15-16H2,1-3H3,(H,27,29)(H2,24,25,26);1H. The first-order valence-corrected chi connectivity index (χ1v) is 10.3. The number of halogens is 1. The predicted octanol–water partition coefficient (Wildman–Crippen LogP) is 3.73. The third-order valence-corrected chi connectivity index (χ3v) is 5.27. The van der Waals surface area contributed by atoms with Gasteiger partial charge in [0.05, 0.1) is 0 Å². The Labute approximate surface area is 196 Å². The minimum Gasteiger partial charge on any atom is -0.370 e. The highest BCUT2D eigenvalue weighted by Crippen LogP contribution is 2.31. The molecule has 2 aromatic carbocycles. The van der Waals surface area contributed by atoms with Gasteiger partial charge in [0.1, 0.15) is 0 Å². The summed E-state index contributed by atoms with van der Waals surface area (Å²) in [5, 5.41) is 9.72. The van der Waals surface area contributed by atoms with Gasteiger partial charge in [0.25, 0.3) is 0 Å². The fourth-order valence-corrected chi connectivity index (χ4v) is 3.73. The molecule has 3 rings (SSSR count). The third-order valence-electron chi connectivity index (χ3n) is 5.27. The minimum atomic E-state index is 0. The smallest absolute Gasteiger partial charge is 0.225 e. The molecular formula is C23H32IN5O. The lowest BCUT2D eigenvalue weighted by atomic mass is 9.90. The number of fused-ring (bicyclic) bond motifs is 1. The molecule has 1 amide bonds. The van der Waals surface area contributed by atoms with Crippen LogP contribution in [0.3, 0.4) is 0 Å². The molecule has 6 nitrogen and oxygen atoms in total. The average molecular weight is 521 g/mol. The van der Waals surface area contributed by atoms with Crippen LogP contribution in [-0.4, -0.2) is 45.1 Å². The van der Waals surface area contributed by atoms with Crippen molar-refractivity contribution in [3.63, 3.8) is 0 Å². The van der Waals surface area contributed by atoms with Crippen molar-refractivity contribution in [1.82, 2.24) is 10.6 Å². The van der Waals surface area contributed by atoms with Crippen LogP contribution in [-0.2, 0) is 4.79 Å². The molecule has 7 heteroatoms. The number of nitrogens with one attached hydrogen (secondary N) is 3. The van der Waals surface area contributed by atoms with Gasteiger partial charge in [0, 0.05) is 56.9 Å². The molecule has 1 atom stereocenters. The van der Waals surface area contributed by atoms with Gasteiger partial charge in [-0.15, -0.1) is 24.0 Å². The highest BCUT2D eigenvalue weighted by Gasteiger charge is 2.24. The van der Waals surface area contributed by atoms with Gasteiger partial charge in [-0.2, -0.15) is 0 Å². The second kappa shape index (κ2) is 11.8. The van der Waals surface area contributed by atoms with Crippen LogP contribution < -0.4 is 20.9 Å². The summed E-state index contributed by atoms with van der Waals surface area (Å²) in [5.74, 6) is 0.960. The lowest BCUT2D eigenvalue weighted by molar-refractivity contribution is -0.116. The van der Waals surface area contributed by atoms with Crippen LogP contribution >= 0.6 is 24.0 Å². The van der Waals surface area contributed by atoms with Crippen molar-refractivity contribution in [1.29, 1.82) is 0 Å². The summed E-state index contributed by atoms with van der Waals surface area (Å²) in [6.45, 7) is 7.56. The molecule has 0 fully saturated rings. The van der Waals surface area contributed by atoms with Crippen LogP contribution in [0.2, 0.25) is 0 Å². The molecular weight excluding hydrogens is 489 g/mol. The van der Waals surface area contributed by atoms with Crippen LogP contribution in [0.25, 0.3) is 0 Å². The number of para-hydroxylation sites is 1. The number of carbonyl (C=O) groups is 1. The van der Waals surface area contributed by atoms with E-state index in [2.05, 4.69) is 70.0 Å². The van der Waals surface area contributed by atoms with Gasteiger partial charge in [-0.3, -0.25) is 9.79 Å². The maximum absolute atomic E-state index is 12.0. The van der Waals surface area contributed by atoms with Gasteiger partial charge in [-0.1, -0.05) is 30.3 Å². The zero-order chi connectivity index (χ0) is 20.6. The summed E-state index contributed by atoms with van der Waals surface area (Å²) >= 11 is 0. The number of rotatable bonds is 7. The van der Waals surface area contributed by atoms with E-state index in [-0.39, 0.29) is 35.8 Å². The summed E-state index contributed by atoms with van der Waals surface area (Å²) in [7, 11) is 1.77.